The van der Waals surface area contributed by atoms with Gasteiger partial charge in [-0.3, -0.25) is 0 Å². The predicted octanol–water partition coefficient (Wildman–Crippen LogP) is 0.329. The standard InChI is InChI=1S/C16H21N5O3S/c22-25(23,21-9-11-24-12-10-21)20-7-5-19(6-8-20)16-14-3-1-2-4-15(14)17-13-18-16/h1-4,13H,5-12H2. The van der Waals surface area contributed by atoms with Gasteiger partial charge in [0.25, 0.3) is 10.2 Å². The summed E-state index contributed by atoms with van der Waals surface area (Å²) in [6, 6.07) is 7.88. The molecule has 9 heteroatoms. The van der Waals surface area contributed by atoms with Gasteiger partial charge in [-0.2, -0.15) is 17.0 Å². The lowest BCUT2D eigenvalue weighted by molar-refractivity contribution is 0.0700. The molecule has 0 aliphatic carbocycles. The van der Waals surface area contributed by atoms with Gasteiger partial charge in [-0.1, -0.05) is 12.1 Å². The maximum atomic E-state index is 12.7. The van der Waals surface area contributed by atoms with Crippen LogP contribution in [0.5, 0.6) is 0 Å². The first-order valence-corrected chi connectivity index (χ1v) is 9.83. The number of nitrogens with zero attached hydrogens (tertiary/aromatic N) is 5. The number of hydrogen-bond acceptors (Lipinski definition) is 6. The number of fused-ring (bicyclic) bond motifs is 1. The molecule has 25 heavy (non-hydrogen) atoms. The van der Waals surface area contributed by atoms with Gasteiger partial charge in [0.1, 0.15) is 12.1 Å². The second kappa shape index (κ2) is 6.83. The lowest BCUT2D eigenvalue weighted by Crippen LogP contribution is -2.55. The van der Waals surface area contributed by atoms with E-state index in [9.17, 15) is 8.42 Å². The predicted molar refractivity (Wildman–Crippen MR) is 94.6 cm³/mol. The van der Waals surface area contributed by atoms with Crippen LogP contribution in [0.25, 0.3) is 10.9 Å². The zero-order valence-corrected chi connectivity index (χ0v) is 14.7. The van der Waals surface area contributed by atoms with Crippen LogP contribution in [0, 0.1) is 0 Å². The van der Waals surface area contributed by atoms with E-state index >= 15 is 0 Å². The fraction of sp³-hybridized carbons (Fsp3) is 0.500. The Morgan fingerprint density at radius 3 is 2.32 bits per heavy atom. The first kappa shape index (κ1) is 16.6. The Morgan fingerprint density at radius 2 is 1.56 bits per heavy atom. The molecule has 134 valence electrons. The Bertz CT molecular complexity index is 840. The average Bonchev–Trinajstić information content (AvgIpc) is 2.68. The molecule has 1 aromatic heterocycles. The first-order chi connectivity index (χ1) is 12.2. The largest absolute Gasteiger partial charge is 0.379 e. The van der Waals surface area contributed by atoms with Gasteiger partial charge in [0.15, 0.2) is 0 Å². The molecular weight excluding hydrogens is 342 g/mol. The summed E-state index contributed by atoms with van der Waals surface area (Å²) in [5, 5.41) is 0.995. The highest BCUT2D eigenvalue weighted by Gasteiger charge is 2.33. The molecule has 2 saturated heterocycles. The fourth-order valence-electron chi connectivity index (χ4n) is 3.31. The number of aromatic nitrogens is 2. The van der Waals surface area contributed by atoms with E-state index in [1.165, 1.54) is 4.31 Å². The van der Waals surface area contributed by atoms with Crippen LogP contribution in [-0.4, -0.2) is 79.5 Å². The lowest BCUT2D eigenvalue weighted by atomic mass is 10.2. The van der Waals surface area contributed by atoms with Crippen molar-refractivity contribution in [1.29, 1.82) is 0 Å². The average molecular weight is 363 g/mol. The lowest BCUT2D eigenvalue weighted by Gasteiger charge is -2.38. The normalized spacial score (nSPS) is 20.9. The molecule has 0 saturated carbocycles. The molecule has 4 rings (SSSR count). The SMILES string of the molecule is O=S(=O)(N1CCOCC1)N1CCN(c2ncnc3ccccc23)CC1. The number of piperazine rings is 1. The van der Waals surface area contributed by atoms with Crippen LogP contribution in [0.1, 0.15) is 0 Å². The van der Waals surface area contributed by atoms with Crippen molar-refractivity contribution in [2.24, 2.45) is 0 Å². The van der Waals surface area contributed by atoms with Crippen molar-refractivity contribution < 1.29 is 13.2 Å². The van der Waals surface area contributed by atoms with Gasteiger partial charge >= 0.3 is 0 Å². The zero-order chi connectivity index (χ0) is 17.3. The maximum absolute atomic E-state index is 12.7. The summed E-state index contributed by atoms with van der Waals surface area (Å²) in [6.45, 7) is 3.93. The minimum atomic E-state index is -3.41. The number of anilines is 1. The molecule has 2 aromatic rings. The fourth-order valence-corrected chi connectivity index (χ4v) is 4.88. The molecular formula is C16H21N5O3S. The minimum Gasteiger partial charge on any atom is -0.379 e. The Labute approximate surface area is 147 Å². The number of ether oxygens (including phenoxy) is 1. The van der Waals surface area contributed by atoms with Crippen molar-refractivity contribution in [3.8, 4) is 0 Å². The third kappa shape index (κ3) is 3.20. The second-order valence-corrected chi connectivity index (χ2v) is 8.05. The molecule has 0 unspecified atom stereocenters. The van der Waals surface area contributed by atoms with E-state index in [-0.39, 0.29) is 0 Å². The van der Waals surface area contributed by atoms with Crippen LogP contribution in [0.4, 0.5) is 5.82 Å². The molecule has 0 radical (unpaired) electrons. The third-order valence-corrected chi connectivity index (χ3v) is 6.72. The van der Waals surface area contributed by atoms with E-state index in [0.29, 0.717) is 52.5 Å². The van der Waals surface area contributed by atoms with Gasteiger partial charge < -0.3 is 9.64 Å². The number of para-hydroxylation sites is 1. The summed E-state index contributed by atoms with van der Waals surface area (Å²) in [7, 11) is -3.41. The first-order valence-electron chi connectivity index (χ1n) is 8.44. The Kier molecular flexibility index (Phi) is 4.55. The third-order valence-electron chi connectivity index (χ3n) is 4.68. The molecule has 0 amide bonds. The van der Waals surface area contributed by atoms with Crippen molar-refractivity contribution in [3.05, 3.63) is 30.6 Å². The molecule has 2 aliphatic heterocycles. The van der Waals surface area contributed by atoms with Crippen LogP contribution in [-0.2, 0) is 14.9 Å². The van der Waals surface area contributed by atoms with Gasteiger partial charge in [-0.15, -0.1) is 0 Å². The summed E-state index contributed by atoms with van der Waals surface area (Å²) in [5.74, 6) is 0.869. The van der Waals surface area contributed by atoms with Gasteiger partial charge in [0, 0.05) is 44.7 Å². The van der Waals surface area contributed by atoms with Crippen LogP contribution in [0.15, 0.2) is 30.6 Å². The van der Waals surface area contributed by atoms with Gasteiger partial charge in [-0.05, 0) is 12.1 Å². The van der Waals surface area contributed by atoms with Crippen molar-refractivity contribution in [1.82, 2.24) is 18.6 Å². The van der Waals surface area contributed by atoms with Gasteiger partial charge in [-0.25, -0.2) is 9.97 Å². The van der Waals surface area contributed by atoms with Crippen molar-refractivity contribution in [3.63, 3.8) is 0 Å². The molecule has 1 aromatic carbocycles. The molecule has 2 aliphatic rings. The van der Waals surface area contributed by atoms with E-state index in [1.807, 2.05) is 24.3 Å². The summed E-state index contributed by atoms with van der Waals surface area (Å²) in [4.78, 5) is 10.9. The van der Waals surface area contributed by atoms with Crippen molar-refractivity contribution in [2.45, 2.75) is 0 Å². The van der Waals surface area contributed by atoms with E-state index in [2.05, 4.69) is 14.9 Å². The summed E-state index contributed by atoms with van der Waals surface area (Å²) in [6.07, 6.45) is 1.56. The number of rotatable bonds is 3. The van der Waals surface area contributed by atoms with E-state index in [4.69, 9.17) is 4.74 Å². The molecule has 0 bridgehead atoms. The van der Waals surface area contributed by atoms with E-state index < -0.39 is 10.2 Å². The molecule has 3 heterocycles. The van der Waals surface area contributed by atoms with E-state index in [0.717, 1.165) is 16.7 Å². The smallest absolute Gasteiger partial charge is 0.282 e. The molecule has 8 nitrogen and oxygen atoms in total. The summed E-state index contributed by atoms with van der Waals surface area (Å²) >= 11 is 0. The Balaban J connectivity index is 1.49. The number of benzene rings is 1. The van der Waals surface area contributed by atoms with E-state index in [1.54, 1.807) is 10.6 Å². The summed E-state index contributed by atoms with van der Waals surface area (Å²) in [5.41, 5.74) is 0.899. The van der Waals surface area contributed by atoms with Crippen LogP contribution in [0.3, 0.4) is 0 Å². The second-order valence-electron chi connectivity index (χ2n) is 6.12. The number of hydrogen-bond donors (Lipinski definition) is 0. The monoisotopic (exact) mass is 363 g/mol. The van der Waals surface area contributed by atoms with Crippen LogP contribution < -0.4 is 4.90 Å². The van der Waals surface area contributed by atoms with Crippen LogP contribution in [0.2, 0.25) is 0 Å². The van der Waals surface area contributed by atoms with Crippen LogP contribution >= 0.6 is 0 Å². The quantitative estimate of drug-likeness (QED) is 0.782. The molecule has 0 N–H and O–H groups in total. The highest BCUT2D eigenvalue weighted by atomic mass is 32.2. The topological polar surface area (TPSA) is 78.9 Å². The molecule has 0 atom stereocenters. The minimum absolute atomic E-state index is 0.430. The molecule has 2 fully saturated rings. The highest BCUT2D eigenvalue weighted by Crippen LogP contribution is 2.24. The summed E-state index contributed by atoms with van der Waals surface area (Å²) < 4.78 is 33.8. The van der Waals surface area contributed by atoms with Gasteiger partial charge in [0.05, 0.1) is 18.7 Å². The molecule has 0 spiro atoms. The zero-order valence-electron chi connectivity index (χ0n) is 13.9. The van der Waals surface area contributed by atoms with Crippen molar-refractivity contribution >= 4 is 26.9 Å². The Morgan fingerprint density at radius 1 is 0.880 bits per heavy atom. The Hall–Kier alpha value is -1.81. The number of morpholine rings is 1. The van der Waals surface area contributed by atoms with Crippen molar-refractivity contribution in [2.75, 3.05) is 57.4 Å². The maximum Gasteiger partial charge on any atom is 0.282 e. The van der Waals surface area contributed by atoms with Gasteiger partial charge in [0.2, 0.25) is 0 Å². The highest BCUT2D eigenvalue weighted by molar-refractivity contribution is 7.86.